The number of primary amides is 1. The van der Waals surface area contributed by atoms with Gasteiger partial charge in [-0.3, -0.25) is 19.2 Å². The van der Waals surface area contributed by atoms with Crippen molar-refractivity contribution in [3.8, 4) is 0 Å². The van der Waals surface area contributed by atoms with Gasteiger partial charge >= 0.3 is 5.97 Å². The molecule has 0 spiro atoms. The van der Waals surface area contributed by atoms with Gasteiger partial charge in [0.25, 0.3) is 0 Å². The standard InChI is InChI=1S/C19H35N5O7/c1-6-9(4)14(17(28)22-11(19(30)31)7-12(20)26)23-18(29)15(10(5)25)24-16(27)13(21)8(2)3/h8-11,13-15,25H,6-7,21H2,1-5H3,(H2,20,26)(H,22,28)(H,23,29)(H,24,27)(H,30,31). The highest BCUT2D eigenvalue weighted by molar-refractivity contribution is 5.95. The van der Waals surface area contributed by atoms with E-state index in [0.29, 0.717) is 6.42 Å². The lowest BCUT2D eigenvalue weighted by Gasteiger charge is -2.29. The first kappa shape index (κ1) is 28.3. The molecule has 12 heteroatoms. The average Bonchev–Trinajstić information content (AvgIpc) is 2.66. The number of aliphatic hydroxyl groups is 1. The van der Waals surface area contributed by atoms with Gasteiger partial charge < -0.3 is 37.6 Å². The molecule has 0 radical (unpaired) electrons. The van der Waals surface area contributed by atoms with Crippen molar-refractivity contribution in [2.24, 2.45) is 23.3 Å². The predicted octanol–water partition coefficient (Wildman–Crippen LogP) is -2.19. The maximum atomic E-state index is 12.7. The van der Waals surface area contributed by atoms with E-state index < -0.39 is 72.2 Å². The molecule has 0 aliphatic heterocycles. The third-order valence-corrected chi connectivity index (χ3v) is 4.90. The number of carboxylic acid groups (broad SMARTS) is 1. The molecule has 31 heavy (non-hydrogen) atoms. The predicted molar refractivity (Wildman–Crippen MR) is 111 cm³/mol. The monoisotopic (exact) mass is 445 g/mol. The van der Waals surface area contributed by atoms with Crippen molar-refractivity contribution in [2.75, 3.05) is 0 Å². The summed E-state index contributed by atoms with van der Waals surface area (Å²) in [5.74, 6) is -5.36. The Balaban J connectivity index is 5.53. The van der Waals surface area contributed by atoms with Gasteiger partial charge in [-0.15, -0.1) is 0 Å². The molecule has 6 atom stereocenters. The lowest BCUT2D eigenvalue weighted by atomic mass is 9.96. The van der Waals surface area contributed by atoms with Crippen LogP contribution in [0.4, 0.5) is 0 Å². The lowest BCUT2D eigenvalue weighted by Crippen LogP contribution is -2.61. The molecule has 0 saturated carbocycles. The Bertz CT molecular complexity index is 668. The Morgan fingerprint density at radius 3 is 1.74 bits per heavy atom. The minimum Gasteiger partial charge on any atom is -0.480 e. The first-order valence-corrected chi connectivity index (χ1v) is 10.1. The average molecular weight is 446 g/mol. The number of carboxylic acids is 1. The summed E-state index contributed by atoms with van der Waals surface area (Å²) in [6, 6.07) is -5.06. The Kier molecular flexibility index (Phi) is 11.7. The molecule has 6 unspecified atom stereocenters. The fourth-order valence-electron chi connectivity index (χ4n) is 2.57. The molecule has 0 aromatic rings. The van der Waals surface area contributed by atoms with Gasteiger partial charge in [0.1, 0.15) is 18.1 Å². The molecule has 0 aliphatic carbocycles. The summed E-state index contributed by atoms with van der Waals surface area (Å²) < 4.78 is 0. The Labute approximate surface area is 181 Å². The second-order valence-corrected chi connectivity index (χ2v) is 7.94. The van der Waals surface area contributed by atoms with E-state index in [1.165, 1.54) is 6.92 Å². The molecule has 0 saturated heterocycles. The molecule has 12 nitrogen and oxygen atoms in total. The maximum absolute atomic E-state index is 12.7. The number of aliphatic carboxylic acids is 1. The largest absolute Gasteiger partial charge is 0.480 e. The van der Waals surface area contributed by atoms with E-state index in [1.807, 2.05) is 0 Å². The van der Waals surface area contributed by atoms with Crippen LogP contribution in [0.5, 0.6) is 0 Å². The fourth-order valence-corrected chi connectivity index (χ4v) is 2.57. The van der Waals surface area contributed by atoms with Crippen LogP contribution >= 0.6 is 0 Å². The Morgan fingerprint density at radius 2 is 1.35 bits per heavy atom. The second kappa shape index (κ2) is 12.8. The summed E-state index contributed by atoms with van der Waals surface area (Å²) in [4.78, 5) is 60.0. The fraction of sp³-hybridized carbons (Fsp3) is 0.737. The van der Waals surface area contributed by atoms with Gasteiger partial charge in [-0.1, -0.05) is 34.1 Å². The number of nitrogens with one attached hydrogen (secondary N) is 3. The van der Waals surface area contributed by atoms with Crippen LogP contribution in [0.3, 0.4) is 0 Å². The molecular formula is C19H35N5O7. The lowest BCUT2D eigenvalue weighted by molar-refractivity contribution is -0.144. The van der Waals surface area contributed by atoms with Crippen molar-refractivity contribution >= 4 is 29.6 Å². The minimum absolute atomic E-state index is 0.213. The number of rotatable bonds is 13. The normalized spacial score (nSPS) is 16.9. The van der Waals surface area contributed by atoms with Crippen molar-refractivity contribution in [3.05, 3.63) is 0 Å². The summed E-state index contributed by atoms with van der Waals surface area (Å²) >= 11 is 0. The number of carbonyl (C=O) groups excluding carboxylic acids is 4. The zero-order chi connectivity index (χ0) is 24.5. The van der Waals surface area contributed by atoms with Crippen molar-refractivity contribution in [3.63, 3.8) is 0 Å². The highest BCUT2D eigenvalue weighted by atomic mass is 16.4. The summed E-state index contributed by atoms with van der Waals surface area (Å²) in [7, 11) is 0. The third-order valence-electron chi connectivity index (χ3n) is 4.90. The number of nitrogens with two attached hydrogens (primary N) is 2. The van der Waals surface area contributed by atoms with Crippen LogP contribution < -0.4 is 27.4 Å². The maximum Gasteiger partial charge on any atom is 0.326 e. The van der Waals surface area contributed by atoms with Crippen LogP contribution in [-0.2, 0) is 24.0 Å². The highest BCUT2D eigenvalue weighted by Crippen LogP contribution is 2.10. The third kappa shape index (κ3) is 9.30. The van der Waals surface area contributed by atoms with Crippen LogP contribution in [0.1, 0.15) is 47.5 Å². The van der Waals surface area contributed by atoms with Crippen molar-refractivity contribution in [1.82, 2.24) is 16.0 Å². The van der Waals surface area contributed by atoms with Crippen LogP contribution in [0.15, 0.2) is 0 Å². The van der Waals surface area contributed by atoms with Crippen molar-refractivity contribution in [2.45, 2.75) is 77.7 Å². The molecule has 178 valence electrons. The smallest absolute Gasteiger partial charge is 0.326 e. The first-order chi connectivity index (χ1) is 14.2. The topological polar surface area (TPSA) is 214 Å². The summed E-state index contributed by atoms with van der Waals surface area (Å²) in [5.41, 5.74) is 10.8. The first-order valence-electron chi connectivity index (χ1n) is 10.1. The number of amides is 4. The molecule has 0 aromatic heterocycles. The molecule has 0 rings (SSSR count). The van der Waals surface area contributed by atoms with E-state index in [4.69, 9.17) is 11.5 Å². The van der Waals surface area contributed by atoms with Gasteiger partial charge in [-0.2, -0.15) is 0 Å². The van der Waals surface area contributed by atoms with Crippen molar-refractivity contribution in [1.29, 1.82) is 0 Å². The van der Waals surface area contributed by atoms with Gasteiger partial charge in [0.2, 0.25) is 23.6 Å². The molecule has 0 aliphatic rings. The van der Waals surface area contributed by atoms with Gasteiger partial charge in [-0.25, -0.2) is 4.79 Å². The van der Waals surface area contributed by atoms with E-state index in [2.05, 4.69) is 16.0 Å². The van der Waals surface area contributed by atoms with E-state index in [1.54, 1.807) is 27.7 Å². The number of hydrogen-bond donors (Lipinski definition) is 7. The number of carbonyl (C=O) groups is 5. The quantitative estimate of drug-likeness (QED) is 0.165. The van der Waals surface area contributed by atoms with Gasteiger partial charge in [0.15, 0.2) is 0 Å². The van der Waals surface area contributed by atoms with E-state index in [-0.39, 0.29) is 5.92 Å². The van der Waals surface area contributed by atoms with E-state index in [9.17, 15) is 34.2 Å². The van der Waals surface area contributed by atoms with Gasteiger partial charge in [0.05, 0.1) is 18.6 Å². The summed E-state index contributed by atoms with van der Waals surface area (Å²) in [6.45, 7) is 8.13. The van der Waals surface area contributed by atoms with E-state index >= 15 is 0 Å². The zero-order valence-electron chi connectivity index (χ0n) is 18.5. The highest BCUT2D eigenvalue weighted by Gasteiger charge is 2.34. The molecule has 0 bridgehead atoms. The molecule has 0 aromatic carbocycles. The molecule has 9 N–H and O–H groups in total. The molecular weight excluding hydrogens is 410 g/mol. The zero-order valence-corrected chi connectivity index (χ0v) is 18.5. The van der Waals surface area contributed by atoms with Crippen LogP contribution in [0.2, 0.25) is 0 Å². The summed E-state index contributed by atoms with van der Waals surface area (Å²) in [5, 5.41) is 26.2. The Morgan fingerprint density at radius 1 is 0.871 bits per heavy atom. The summed E-state index contributed by atoms with van der Waals surface area (Å²) in [6.07, 6.45) is -1.48. The SMILES string of the molecule is CCC(C)C(NC(=O)C(NC(=O)C(N)C(C)C)C(C)O)C(=O)NC(CC(N)=O)C(=O)O. The van der Waals surface area contributed by atoms with Gasteiger partial charge in [0, 0.05) is 0 Å². The van der Waals surface area contributed by atoms with E-state index in [0.717, 1.165) is 0 Å². The van der Waals surface area contributed by atoms with Crippen LogP contribution in [0.25, 0.3) is 0 Å². The molecule has 4 amide bonds. The molecule has 0 fully saturated rings. The molecule has 0 heterocycles. The Hall–Kier alpha value is -2.73. The number of aliphatic hydroxyl groups excluding tert-OH is 1. The van der Waals surface area contributed by atoms with Crippen LogP contribution in [-0.4, -0.2) is 70.1 Å². The van der Waals surface area contributed by atoms with Crippen LogP contribution in [0, 0.1) is 11.8 Å². The second-order valence-electron chi connectivity index (χ2n) is 7.94. The number of hydrogen-bond acceptors (Lipinski definition) is 7. The van der Waals surface area contributed by atoms with Gasteiger partial charge in [-0.05, 0) is 18.8 Å². The van der Waals surface area contributed by atoms with Crippen molar-refractivity contribution < 1.29 is 34.2 Å². The minimum atomic E-state index is -1.57.